The van der Waals surface area contributed by atoms with Crippen LogP contribution in [0.15, 0.2) is 0 Å². The van der Waals surface area contributed by atoms with Crippen LogP contribution in [0.3, 0.4) is 0 Å². The van der Waals surface area contributed by atoms with Gasteiger partial charge in [-0.2, -0.15) is 0 Å². The van der Waals surface area contributed by atoms with Crippen molar-refractivity contribution in [3.05, 3.63) is 0 Å². The van der Waals surface area contributed by atoms with Crippen molar-refractivity contribution in [2.24, 2.45) is 0 Å². The number of rotatable bonds is 3. The van der Waals surface area contributed by atoms with E-state index in [9.17, 15) is 9.59 Å². The Morgan fingerprint density at radius 1 is 1.50 bits per heavy atom. The summed E-state index contributed by atoms with van der Waals surface area (Å²) in [6.07, 6.45) is -0.707. The standard InChI is InChI=1S/C8H14INO4/c1-8(2,3)14-7(13)10-5(4-9)6(11)12/h5H,4H2,1-3H3,(H,10,13)(H,11,12)/t5-/m1/s1. The summed E-state index contributed by atoms with van der Waals surface area (Å²) >= 11 is 1.88. The van der Waals surface area contributed by atoms with E-state index in [1.807, 2.05) is 22.6 Å². The predicted octanol–water partition coefficient (Wildman–Crippen LogP) is 1.40. The summed E-state index contributed by atoms with van der Waals surface area (Å²) in [6.45, 7) is 5.14. The third-order valence-electron chi connectivity index (χ3n) is 1.14. The number of hydrogen-bond donors (Lipinski definition) is 2. The van der Waals surface area contributed by atoms with Crippen molar-refractivity contribution in [2.75, 3.05) is 4.43 Å². The van der Waals surface area contributed by atoms with Crippen LogP contribution < -0.4 is 5.32 Å². The number of alkyl halides is 1. The highest BCUT2D eigenvalue weighted by Gasteiger charge is 2.22. The van der Waals surface area contributed by atoms with E-state index in [0.717, 1.165) is 0 Å². The molecular weight excluding hydrogens is 301 g/mol. The molecule has 0 aromatic heterocycles. The Hall–Kier alpha value is -0.530. The Morgan fingerprint density at radius 3 is 2.29 bits per heavy atom. The van der Waals surface area contributed by atoms with E-state index in [0.29, 0.717) is 4.43 Å². The number of carboxylic acids is 1. The molecule has 2 N–H and O–H groups in total. The van der Waals surface area contributed by atoms with Crippen molar-refractivity contribution < 1.29 is 19.4 Å². The number of alkyl carbamates (subject to hydrolysis) is 1. The minimum Gasteiger partial charge on any atom is -0.480 e. The van der Waals surface area contributed by atoms with Gasteiger partial charge in [0.2, 0.25) is 0 Å². The van der Waals surface area contributed by atoms with E-state index in [1.54, 1.807) is 20.8 Å². The number of amides is 1. The number of aliphatic carboxylic acids is 1. The molecule has 0 saturated heterocycles. The van der Waals surface area contributed by atoms with Crippen molar-refractivity contribution in [3.8, 4) is 0 Å². The number of carbonyl (C=O) groups excluding carboxylic acids is 1. The number of carbonyl (C=O) groups is 2. The molecule has 5 nitrogen and oxygen atoms in total. The molecule has 0 heterocycles. The first-order valence-corrected chi connectivity index (χ1v) is 5.57. The highest BCUT2D eigenvalue weighted by atomic mass is 127. The largest absolute Gasteiger partial charge is 0.480 e. The maximum atomic E-state index is 11.1. The molecule has 6 heteroatoms. The molecule has 0 aliphatic heterocycles. The highest BCUT2D eigenvalue weighted by molar-refractivity contribution is 14.1. The minimum absolute atomic E-state index is 0.298. The molecule has 1 amide bonds. The van der Waals surface area contributed by atoms with E-state index in [1.165, 1.54) is 0 Å². The van der Waals surface area contributed by atoms with Crippen molar-refractivity contribution >= 4 is 34.7 Å². The van der Waals surface area contributed by atoms with E-state index in [-0.39, 0.29) is 0 Å². The van der Waals surface area contributed by atoms with Crippen LogP contribution in [0.1, 0.15) is 20.8 Å². The van der Waals surface area contributed by atoms with Gasteiger partial charge in [0.15, 0.2) is 0 Å². The van der Waals surface area contributed by atoms with Crippen molar-refractivity contribution in [1.82, 2.24) is 5.32 Å². The molecule has 0 radical (unpaired) electrons. The lowest BCUT2D eigenvalue weighted by Crippen LogP contribution is -2.44. The van der Waals surface area contributed by atoms with Crippen LogP contribution in [0, 0.1) is 0 Å². The van der Waals surface area contributed by atoms with Gasteiger partial charge in [-0.3, -0.25) is 0 Å². The lowest BCUT2D eigenvalue weighted by molar-refractivity contribution is -0.138. The van der Waals surface area contributed by atoms with Gasteiger partial charge in [-0.25, -0.2) is 9.59 Å². The van der Waals surface area contributed by atoms with Crippen LogP contribution in [0.5, 0.6) is 0 Å². The third kappa shape index (κ3) is 6.01. The van der Waals surface area contributed by atoms with Gasteiger partial charge in [0, 0.05) is 4.43 Å². The molecule has 1 atom stereocenters. The zero-order chi connectivity index (χ0) is 11.4. The summed E-state index contributed by atoms with van der Waals surface area (Å²) in [6, 6.07) is -0.898. The van der Waals surface area contributed by atoms with E-state index >= 15 is 0 Å². The average molecular weight is 315 g/mol. The predicted molar refractivity (Wildman–Crippen MR) is 59.7 cm³/mol. The van der Waals surface area contributed by atoms with Crippen LogP contribution in [-0.2, 0) is 9.53 Å². The Bertz CT molecular complexity index is 224. The zero-order valence-electron chi connectivity index (χ0n) is 8.33. The molecule has 82 valence electrons. The molecule has 0 rings (SSSR count). The fourth-order valence-electron chi connectivity index (χ4n) is 0.616. The fraction of sp³-hybridized carbons (Fsp3) is 0.750. The fourth-order valence-corrected chi connectivity index (χ4v) is 1.21. The van der Waals surface area contributed by atoms with Crippen LogP contribution in [0.4, 0.5) is 4.79 Å². The number of hydrogen-bond acceptors (Lipinski definition) is 3. The van der Waals surface area contributed by atoms with E-state index in [4.69, 9.17) is 9.84 Å². The lowest BCUT2D eigenvalue weighted by Gasteiger charge is -2.21. The van der Waals surface area contributed by atoms with Gasteiger partial charge in [-0.15, -0.1) is 0 Å². The van der Waals surface area contributed by atoms with Gasteiger partial charge >= 0.3 is 12.1 Å². The van der Waals surface area contributed by atoms with E-state index < -0.39 is 23.7 Å². The summed E-state index contributed by atoms with van der Waals surface area (Å²) in [4.78, 5) is 21.7. The van der Waals surface area contributed by atoms with Gasteiger partial charge in [-0.05, 0) is 20.8 Å². The molecule has 0 fully saturated rings. The van der Waals surface area contributed by atoms with Gasteiger partial charge in [0.25, 0.3) is 0 Å². The molecule has 14 heavy (non-hydrogen) atoms. The molecule has 0 aliphatic carbocycles. The van der Waals surface area contributed by atoms with Crippen LogP contribution in [0.2, 0.25) is 0 Å². The quantitative estimate of drug-likeness (QED) is 0.610. The maximum Gasteiger partial charge on any atom is 0.408 e. The average Bonchev–Trinajstić information content (AvgIpc) is 1.96. The topological polar surface area (TPSA) is 75.6 Å². The van der Waals surface area contributed by atoms with E-state index in [2.05, 4.69) is 5.32 Å². The van der Waals surface area contributed by atoms with Crippen LogP contribution in [0.25, 0.3) is 0 Å². The second-order valence-electron chi connectivity index (χ2n) is 3.69. The van der Waals surface area contributed by atoms with Crippen molar-refractivity contribution in [2.45, 2.75) is 32.4 Å². The first-order valence-electron chi connectivity index (χ1n) is 4.04. The number of carboxylic acid groups (broad SMARTS) is 1. The third-order valence-corrected chi connectivity index (χ3v) is 2.02. The Kier molecular flexibility index (Phi) is 5.17. The van der Waals surface area contributed by atoms with Gasteiger partial charge in [0.05, 0.1) is 0 Å². The van der Waals surface area contributed by atoms with Crippen molar-refractivity contribution in [3.63, 3.8) is 0 Å². The Morgan fingerprint density at radius 2 is 2.00 bits per heavy atom. The summed E-state index contributed by atoms with van der Waals surface area (Å²) in [5, 5.41) is 10.9. The molecule has 0 aliphatic rings. The smallest absolute Gasteiger partial charge is 0.408 e. The summed E-state index contributed by atoms with van der Waals surface area (Å²) in [7, 11) is 0. The summed E-state index contributed by atoms with van der Waals surface area (Å²) < 4.78 is 5.20. The van der Waals surface area contributed by atoms with Gasteiger partial charge in [0.1, 0.15) is 11.6 Å². The Labute approximate surface area is 96.3 Å². The van der Waals surface area contributed by atoms with Crippen molar-refractivity contribution in [1.29, 1.82) is 0 Å². The number of ether oxygens (including phenoxy) is 1. The SMILES string of the molecule is CC(C)(C)OC(=O)N[C@H](CI)C(=O)O. The zero-order valence-corrected chi connectivity index (χ0v) is 10.5. The molecule has 0 bridgehead atoms. The normalized spacial score (nSPS) is 13.1. The first-order chi connectivity index (χ1) is 6.26. The van der Waals surface area contributed by atoms with Crippen LogP contribution in [-0.4, -0.2) is 33.2 Å². The number of nitrogens with one attached hydrogen (secondary N) is 1. The molecule has 0 aromatic carbocycles. The molecule has 0 aromatic rings. The summed E-state index contributed by atoms with van der Waals surface area (Å²) in [5.41, 5.74) is -0.613. The molecule has 0 spiro atoms. The monoisotopic (exact) mass is 315 g/mol. The second kappa shape index (κ2) is 5.38. The Balaban J connectivity index is 4.11. The van der Waals surface area contributed by atoms with Crippen LogP contribution >= 0.6 is 22.6 Å². The minimum atomic E-state index is -1.06. The second-order valence-corrected chi connectivity index (χ2v) is 4.57. The number of halogens is 1. The van der Waals surface area contributed by atoms with Gasteiger partial charge in [-0.1, -0.05) is 22.6 Å². The highest BCUT2D eigenvalue weighted by Crippen LogP contribution is 2.07. The lowest BCUT2D eigenvalue weighted by atomic mass is 10.2. The maximum absolute atomic E-state index is 11.1. The molecule has 0 unspecified atom stereocenters. The first kappa shape index (κ1) is 13.5. The van der Waals surface area contributed by atoms with Gasteiger partial charge < -0.3 is 15.2 Å². The molecule has 0 saturated carbocycles. The molecular formula is C8H14INO4. The summed E-state index contributed by atoms with van der Waals surface area (Å²) in [5.74, 6) is -1.06.